The van der Waals surface area contributed by atoms with Gasteiger partial charge in [-0.05, 0) is 11.4 Å². The summed E-state index contributed by atoms with van der Waals surface area (Å²) >= 11 is 1.58. The van der Waals surface area contributed by atoms with Gasteiger partial charge < -0.3 is 10.3 Å². The summed E-state index contributed by atoms with van der Waals surface area (Å²) < 4.78 is 5.12. The lowest BCUT2D eigenvalue weighted by Crippen LogP contribution is -1.87. The van der Waals surface area contributed by atoms with E-state index in [4.69, 9.17) is 10.3 Å². The maximum atomic E-state index is 5.66. The molecule has 0 spiro atoms. The average molecular weight is 233 g/mol. The van der Waals surface area contributed by atoms with E-state index in [2.05, 4.69) is 20.3 Å². The fourth-order valence-corrected chi connectivity index (χ4v) is 1.94. The summed E-state index contributed by atoms with van der Waals surface area (Å²) in [5, 5.41) is 14.2. The van der Waals surface area contributed by atoms with Gasteiger partial charge in [-0.2, -0.15) is 21.4 Å². The Morgan fingerprint density at radius 2 is 2.38 bits per heavy atom. The van der Waals surface area contributed by atoms with Crippen molar-refractivity contribution in [2.45, 2.75) is 0 Å². The van der Waals surface area contributed by atoms with Crippen molar-refractivity contribution in [1.82, 2.24) is 20.3 Å². The molecule has 0 bridgehead atoms. The van der Waals surface area contributed by atoms with Crippen LogP contribution in [-0.4, -0.2) is 20.3 Å². The van der Waals surface area contributed by atoms with Crippen LogP contribution in [0.1, 0.15) is 0 Å². The van der Waals surface area contributed by atoms with Gasteiger partial charge in [0.2, 0.25) is 5.82 Å². The Hall–Kier alpha value is -2.15. The zero-order chi connectivity index (χ0) is 11.0. The van der Waals surface area contributed by atoms with E-state index >= 15 is 0 Å². The van der Waals surface area contributed by atoms with Crippen molar-refractivity contribution in [3.63, 3.8) is 0 Å². The first kappa shape index (κ1) is 9.10. The van der Waals surface area contributed by atoms with Crippen LogP contribution in [0.3, 0.4) is 0 Å². The minimum Gasteiger partial charge on any atom is -0.383 e. The van der Waals surface area contributed by atoms with Crippen LogP contribution in [-0.2, 0) is 0 Å². The first-order chi connectivity index (χ1) is 7.84. The molecule has 6 nitrogen and oxygen atoms in total. The first-order valence-electron chi connectivity index (χ1n) is 4.50. The molecule has 0 saturated heterocycles. The van der Waals surface area contributed by atoms with E-state index in [1.807, 2.05) is 16.8 Å². The second-order valence-corrected chi connectivity index (χ2v) is 3.91. The summed E-state index contributed by atoms with van der Waals surface area (Å²) in [4.78, 5) is 4.24. The Kier molecular flexibility index (Phi) is 1.97. The number of nitrogens with two attached hydrogens (primary N) is 1. The van der Waals surface area contributed by atoms with Crippen LogP contribution in [0.15, 0.2) is 27.5 Å². The number of H-pyrrole nitrogens is 1. The average Bonchev–Trinajstić information content (AvgIpc) is 2.96. The van der Waals surface area contributed by atoms with Crippen LogP contribution in [0.2, 0.25) is 0 Å². The van der Waals surface area contributed by atoms with Gasteiger partial charge in [0.25, 0.3) is 5.89 Å². The van der Waals surface area contributed by atoms with E-state index in [1.165, 1.54) is 0 Å². The lowest BCUT2D eigenvalue weighted by molar-refractivity contribution is 0.432. The Labute approximate surface area is 94.1 Å². The van der Waals surface area contributed by atoms with Gasteiger partial charge >= 0.3 is 0 Å². The Morgan fingerprint density at radius 3 is 3.06 bits per heavy atom. The second-order valence-electron chi connectivity index (χ2n) is 3.13. The fourth-order valence-electron chi connectivity index (χ4n) is 1.31. The summed E-state index contributed by atoms with van der Waals surface area (Å²) in [6, 6.07) is 1.93. The summed E-state index contributed by atoms with van der Waals surface area (Å²) in [7, 11) is 0. The Morgan fingerprint density at radius 1 is 1.44 bits per heavy atom. The van der Waals surface area contributed by atoms with Gasteiger partial charge in [-0.25, -0.2) is 0 Å². The molecule has 3 rings (SSSR count). The van der Waals surface area contributed by atoms with Gasteiger partial charge in [-0.3, -0.25) is 5.10 Å². The molecule has 0 amide bonds. The molecule has 0 radical (unpaired) electrons. The number of aromatic amines is 1. The molecule has 0 atom stereocenters. The van der Waals surface area contributed by atoms with Gasteiger partial charge in [-0.15, -0.1) is 0 Å². The van der Waals surface area contributed by atoms with Crippen LogP contribution in [0.5, 0.6) is 0 Å². The van der Waals surface area contributed by atoms with Crippen LogP contribution < -0.4 is 5.73 Å². The minimum atomic E-state index is 0.368. The SMILES string of the molecule is Nc1[nH]ncc1-c1nc(-c2ccsc2)no1. The van der Waals surface area contributed by atoms with Crippen molar-refractivity contribution in [1.29, 1.82) is 0 Å². The molecule has 0 aliphatic heterocycles. The highest BCUT2D eigenvalue weighted by atomic mass is 32.1. The van der Waals surface area contributed by atoms with E-state index in [1.54, 1.807) is 17.5 Å². The highest BCUT2D eigenvalue weighted by Crippen LogP contribution is 2.25. The third-order valence-corrected chi connectivity index (χ3v) is 2.79. The smallest absolute Gasteiger partial charge is 0.263 e. The van der Waals surface area contributed by atoms with Crippen molar-refractivity contribution < 1.29 is 4.52 Å². The molecule has 80 valence electrons. The highest BCUT2D eigenvalue weighted by molar-refractivity contribution is 7.08. The number of nitrogens with zero attached hydrogens (tertiary/aromatic N) is 3. The largest absolute Gasteiger partial charge is 0.383 e. The number of hydrogen-bond donors (Lipinski definition) is 2. The molecule has 7 heteroatoms. The number of anilines is 1. The van der Waals surface area contributed by atoms with E-state index < -0.39 is 0 Å². The number of nitrogens with one attached hydrogen (secondary N) is 1. The van der Waals surface area contributed by atoms with E-state index in [0.29, 0.717) is 23.1 Å². The van der Waals surface area contributed by atoms with Crippen molar-refractivity contribution in [2.75, 3.05) is 5.73 Å². The predicted octanol–water partition coefficient (Wildman–Crippen LogP) is 1.77. The molecule has 3 aromatic rings. The van der Waals surface area contributed by atoms with E-state index in [9.17, 15) is 0 Å². The van der Waals surface area contributed by atoms with Crippen LogP contribution in [0.25, 0.3) is 22.8 Å². The fraction of sp³-hybridized carbons (Fsp3) is 0. The lowest BCUT2D eigenvalue weighted by atomic mass is 10.3. The summed E-state index contributed by atoms with van der Waals surface area (Å²) in [6.07, 6.45) is 1.56. The summed E-state index contributed by atoms with van der Waals surface area (Å²) in [5.41, 5.74) is 7.21. The number of thiophene rings is 1. The number of nitrogen functional groups attached to an aromatic ring is 1. The topological polar surface area (TPSA) is 93.6 Å². The number of hydrogen-bond acceptors (Lipinski definition) is 6. The molecule has 3 aromatic heterocycles. The van der Waals surface area contributed by atoms with Gasteiger partial charge in [0.05, 0.1) is 6.20 Å². The second kappa shape index (κ2) is 3.46. The normalized spacial score (nSPS) is 10.8. The van der Waals surface area contributed by atoms with Gasteiger partial charge in [-0.1, -0.05) is 5.16 Å². The molecule has 16 heavy (non-hydrogen) atoms. The molecular weight excluding hydrogens is 226 g/mol. The van der Waals surface area contributed by atoms with Gasteiger partial charge in [0, 0.05) is 10.9 Å². The van der Waals surface area contributed by atoms with Crippen LogP contribution in [0, 0.1) is 0 Å². The monoisotopic (exact) mass is 233 g/mol. The highest BCUT2D eigenvalue weighted by Gasteiger charge is 2.14. The van der Waals surface area contributed by atoms with Gasteiger partial charge in [0.1, 0.15) is 11.4 Å². The van der Waals surface area contributed by atoms with Crippen molar-refractivity contribution in [3.05, 3.63) is 23.0 Å². The molecule has 0 unspecified atom stereocenters. The van der Waals surface area contributed by atoms with E-state index in [0.717, 1.165) is 5.56 Å². The van der Waals surface area contributed by atoms with E-state index in [-0.39, 0.29) is 0 Å². The van der Waals surface area contributed by atoms with Crippen molar-refractivity contribution in [2.24, 2.45) is 0 Å². The van der Waals surface area contributed by atoms with Gasteiger partial charge in [0.15, 0.2) is 0 Å². The third kappa shape index (κ3) is 1.38. The molecule has 0 fully saturated rings. The van der Waals surface area contributed by atoms with Crippen LogP contribution >= 0.6 is 11.3 Å². The maximum Gasteiger partial charge on any atom is 0.263 e. The molecule has 0 saturated carbocycles. The predicted molar refractivity (Wildman–Crippen MR) is 59.6 cm³/mol. The lowest BCUT2D eigenvalue weighted by Gasteiger charge is -1.87. The molecular formula is C9H7N5OS. The number of aromatic nitrogens is 4. The quantitative estimate of drug-likeness (QED) is 0.703. The van der Waals surface area contributed by atoms with Crippen LogP contribution in [0.4, 0.5) is 5.82 Å². The molecule has 0 aliphatic rings. The minimum absolute atomic E-state index is 0.368. The first-order valence-corrected chi connectivity index (χ1v) is 5.44. The molecule has 0 aromatic carbocycles. The molecule has 0 aliphatic carbocycles. The molecule has 3 N–H and O–H groups in total. The Bertz CT molecular complexity index is 597. The van der Waals surface area contributed by atoms with Crippen molar-refractivity contribution >= 4 is 17.2 Å². The zero-order valence-corrected chi connectivity index (χ0v) is 8.86. The molecule has 3 heterocycles. The van der Waals surface area contributed by atoms with Crippen molar-refractivity contribution in [3.8, 4) is 22.8 Å². The standard InChI is InChI=1S/C9H7N5OS/c10-7-6(3-11-13-7)9-12-8(14-15-9)5-1-2-16-4-5/h1-4H,(H3,10,11,13). The summed E-state index contributed by atoms with van der Waals surface area (Å²) in [5.74, 6) is 1.34. The summed E-state index contributed by atoms with van der Waals surface area (Å²) in [6.45, 7) is 0. The maximum absolute atomic E-state index is 5.66. The zero-order valence-electron chi connectivity index (χ0n) is 8.04. The Balaban J connectivity index is 2.03. The third-order valence-electron chi connectivity index (χ3n) is 2.10. The number of rotatable bonds is 2.